The molecule has 5 nitrogen and oxygen atoms in total. The number of nitrogens with zero attached hydrogens (tertiary/aromatic N) is 3. The first kappa shape index (κ1) is 18.1. The van der Waals surface area contributed by atoms with E-state index in [2.05, 4.69) is 4.98 Å². The molecular formula is C21H23N3O2S2. The van der Waals surface area contributed by atoms with Crippen LogP contribution in [0.25, 0.3) is 20.7 Å². The molecule has 28 heavy (non-hydrogen) atoms. The standard InChI is InChI=1S/C21H23N3O2S2/c25-18(23-8-7-14-4-1-2-5-15(14)10-23)11-24-13-22-20-19(21(24)26)16(12-28-20)17-6-3-9-27-17/h3,6,9,12-15H,1-2,4-5,7-8,10-11H2/t14-,15-/m0/s1. The lowest BCUT2D eigenvalue weighted by Crippen LogP contribution is -2.46. The highest BCUT2D eigenvalue weighted by Crippen LogP contribution is 2.36. The zero-order valence-electron chi connectivity index (χ0n) is 15.7. The van der Waals surface area contributed by atoms with Crippen molar-refractivity contribution in [1.82, 2.24) is 14.5 Å². The molecule has 0 radical (unpaired) electrons. The van der Waals surface area contributed by atoms with Crippen LogP contribution in [-0.4, -0.2) is 33.4 Å². The van der Waals surface area contributed by atoms with Crippen LogP contribution < -0.4 is 5.56 Å². The molecule has 7 heteroatoms. The van der Waals surface area contributed by atoms with Crippen LogP contribution >= 0.6 is 22.7 Å². The van der Waals surface area contributed by atoms with Crippen molar-refractivity contribution in [3.63, 3.8) is 0 Å². The SMILES string of the molecule is O=C(Cn1cnc2scc(-c3cccs3)c2c1=O)N1CC[C@@H]2CCCC[C@H]2C1. The Bertz CT molecular complexity index is 1050. The van der Waals surface area contributed by atoms with E-state index in [-0.39, 0.29) is 18.0 Å². The molecule has 0 bridgehead atoms. The summed E-state index contributed by atoms with van der Waals surface area (Å²) in [5, 5.41) is 4.63. The third-order valence-corrected chi connectivity index (χ3v) is 8.09. The molecule has 2 fully saturated rings. The van der Waals surface area contributed by atoms with Gasteiger partial charge >= 0.3 is 0 Å². The molecule has 0 aromatic carbocycles. The van der Waals surface area contributed by atoms with Gasteiger partial charge in [-0.05, 0) is 36.1 Å². The first-order chi connectivity index (χ1) is 13.7. The lowest BCUT2D eigenvalue weighted by Gasteiger charge is -2.41. The Balaban J connectivity index is 1.39. The quantitative estimate of drug-likeness (QED) is 0.646. The van der Waals surface area contributed by atoms with Gasteiger partial charge in [-0.3, -0.25) is 14.2 Å². The Kier molecular flexibility index (Phi) is 4.80. The third kappa shape index (κ3) is 3.20. The maximum absolute atomic E-state index is 13.1. The van der Waals surface area contributed by atoms with Gasteiger partial charge in [0.05, 0.1) is 11.7 Å². The maximum Gasteiger partial charge on any atom is 0.263 e. The summed E-state index contributed by atoms with van der Waals surface area (Å²) >= 11 is 3.09. The molecule has 1 aliphatic heterocycles. The fourth-order valence-corrected chi connectivity index (χ4v) is 6.49. The van der Waals surface area contributed by atoms with E-state index in [0.29, 0.717) is 11.3 Å². The Hall–Kier alpha value is -1.99. The molecule has 0 N–H and O–H groups in total. The number of carbonyl (C=O) groups is 1. The fourth-order valence-electron chi connectivity index (χ4n) is 4.77. The van der Waals surface area contributed by atoms with Crippen LogP contribution in [-0.2, 0) is 11.3 Å². The number of aromatic nitrogens is 2. The second-order valence-electron chi connectivity index (χ2n) is 7.92. The summed E-state index contributed by atoms with van der Waals surface area (Å²) in [6.45, 7) is 1.76. The van der Waals surface area contributed by atoms with Crippen molar-refractivity contribution in [3.05, 3.63) is 39.6 Å². The van der Waals surface area contributed by atoms with E-state index in [1.54, 1.807) is 11.3 Å². The molecule has 3 aromatic heterocycles. The van der Waals surface area contributed by atoms with E-state index in [0.717, 1.165) is 40.7 Å². The molecule has 2 atom stereocenters. The van der Waals surface area contributed by atoms with Gasteiger partial charge in [-0.15, -0.1) is 22.7 Å². The number of piperidine rings is 1. The number of fused-ring (bicyclic) bond motifs is 2. The maximum atomic E-state index is 13.1. The molecular weight excluding hydrogens is 390 g/mol. The molecule has 0 spiro atoms. The van der Waals surface area contributed by atoms with E-state index in [1.807, 2.05) is 27.8 Å². The smallest absolute Gasteiger partial charge is 0.263 e. The molecule has 3 aromatic rings. The predicted molar refractivity (Wildman–Crippen MR) is 114 cm³/mol. The van der Waals surface area contributed by atoms with Crippen LogP contribution in [0, 0.1) is 11.8 Å². The average Bonchev–Trinajstić information content (AvgIpc) is 3.39. The van der Waals surface area contributed by atoms with Gasteiger partial charge in [-0.25, -0.2) is 4.98 Å². The summed E-state index contributed by atoms with van der Waals surface area (Å²) in [7, 11) is 0. The number of rotatable bonds is 3. The van der Waals surface area contributed by atoms with Crippen molar-refractivity contribution in [3.8, 4) is 10.4 Å². The Morgan fingerprint density at radius 3 is 2.86 bits per heavy atom. The molecule has 4 heterocycles. The van der Waals surface area contributed by atoms with Crippen molar-refractivity contribution in [2.75, 3.05) is 13.1 Å². The molecule has 5 rings (SSSR count). The van der Waals surface area contributed by atoms with Crippen LogP contribution in [0.3, 0.4) is 0 Å². The Labute approximate surface area is 171 Å². The van der Waals surface area contributed by atoms with Gasteiger partial charge in [0, 0.05) is 28.9 Å². The summed E-state index contributed by atoms with van der Waals surface area (Å²) in [5.74, 6) is 1.48. The van der Waals surface area contributed by atoms with Gasteiger partial charge < -0.3 is 4.90 Å². The monoisotopic (exact) mass is 413 g/mol. The van der Waals surface area contributed by atoms with Crippen LogP contribution in [0.4, 0.5) is 0 Å². The second-order valence-corrected chi connectivity index (χ2v) is 9.72. The minimum atomic E-state index is -0.115. The molecule has 1 aliphatic carbocycles. The second kappa shape index (κ2) is 7.44. The summed E-state index contributed by atoms with van der Waals surface area (Å²) in [5.41, 5.74) is 0.813. The fraction of sp³-hybridized carbons (Fsp3) is 0.476. The first-order valence-electron chi connectivity index (χ1n) is 9.99. The van der Waals surface area contributed by atoms with E-state index in [1.165, 1.54) is 47.9 Å². The van der Waals surface area contributed by atoms with E-state index < -0.39 is 0 Å². The van der Waals surface area contributed by atoms with E-state index in [9.17, 15) is 9.59 Å². The molecule has 1 amide bonds. The van der Waals surface area contributed by atoms with Crippen molar-refractivity contribution < 1.29 is 4.79 Å². The lowest BCUT2D eigenvalue weighted by atomic mass is 9.75. The predicted octanol–water partition coefficient (Wildman–Crippen LogP) is 4.23. The van der Waals surface area contributed by atoms with Crippen molar-refractivity contribution in [2.24, 2.45) is 11.8 Å². The lowest BCUT2D eigenvalue weighted by molar-refractivity contribution is -0.135. The van der Waals surface area contributed by atoms with Crippen LogP contribution in [0.2, 0.25) is 0 Å². The number of carbonyl (C=O) groups excluding carboxylic acids is 1. The van der Waals surface area contributed by atoms with Gasteiger partial charge in [0.2, 0.25) is 5.91 Å². The Morgan fingerprint density at radius 1 is 1.18 bits per heavy atom. The van der Waals surface area contributed by atoms with Crippen molar-refractivity contribution >= 4 is 38.8 Å². The molecule has 1 saturated carbocycles. The highest BCUT2D eigenvalue weighted by atomic mass is 32.1. The molecule has 1 saturated heterocycles. The van der Waals surface area contributed by atoms with Crippen molar-refractivity contribution in [1.29, 1.82) is 0 Å². The number of likely N-dealkylation sites (tertiary alicyclic amines) is 1. The highest BCUT2D eigenvalue weighted by Gasteiger charge is 2.33. The van der Waals surface area contributed by atoms with Crippen LogP contribution in [0.5, 0.6) is 0 Å². The van der Waals surface area contributed by atoms with Gasteiger partial charge in [0.1, 0.15) is 11.4 Å². The van der Waals surface area contributed by atoms with Crippen LogP contribution in [0.15, 0.2) is 34.0 Å². The summed E-state index contributed by atoms with van der Waals surface area (Å²) in [6, 6.07) is 4.00. The number of amides is 1. The highest BCUT2D eigenvalue weighted by molar-refractivity contribution is 7.18. The van der Waals surface area contributed by atoms with Crippen molar-refractivity contribution in [2.45, 2.75) is 38.6 Å². The Morgan fingerprint density at radius 2 is 2.04 bits per heavy atom. The number of thiophene rings is 2. The minimum Gasteiger partial charge on any atom is -0.341 e. The normalized spacial score (nSPS) is 22.4. The third-order valence-electron chi connectivity index (χ3n) is 6.30. The molecule has 146 valence electrons. The van der Waals surface area contributed by atoms with Gasteiger partial charge in [0.15, 0.2) is 0 Å². The summed E-state index contributed by atoms with van der Waals surface area (Å²) < 4.78 is 1.49. The minimum absolute atomic E-state index is 0.0418. The summed E-state index contributed by atoms with van der Waals surface area (Å²) in [4.78, 5) is 34.3. The van der Waals surface area contributed by atoms with E-state index in [4.69, 9.17) is 0 Å². The zero-order chi connectivity index (χ0) is 19.1. The van der Waals surface area contributed by atoms with Gasteiger partial charge in [-0.2, -0.15) is 0 Å². The first-order valence-corrected chi connectivity index (χ1v) is 11.7. The number of hydrogen-bond acceptors (Lipinski definition) is 5. The van der Waals surface area contributed by atoms with Gasteiger partial charge in [0.25, 0.3) is 5.56 Å². The number of hydrogen-bond donors (Lipinski definition) is 0. The molecule has 2 aliphatic rings. The summed E-state index contributed by atoms with van der Waals surface area (Å²) in [6.07, 6.45) is 7.81. The average molecular weight is 414 g/mol. The van der Waals surface area contributed by atoms with E-state index >= 15 is 0 Å². The topological polar surface area (TPSA) is 55.2 Å². The molecule has 0 unspecified atom stereocenters. The largest absolute Gasteiger partial charge is 0.341 e. The van der Waals surface area contributed by atoms with Crippen LogP contribution in [0.1, 0.15) is 32.1 Å². The van der Waals surface area contributed by atoms with Gasteiger partial charge in [-0.1, -0.05) is 25.3 Å². The zero-order valence-corrected chi connectivity index (χ0v) is 17.3.